The van der Waals surface area contributed by atoms with E-state index < -0.39 is 29.2 Å². The number of aryl methyl sites for hydroxylation is 1. The maximum absolute atomic E-state index is 14.4. The number of aliphatic hydroxyl groups is 3. The number of aromatic nitrogens is 1. The molecule has 2 fully saturated rings. The molecule has 0 saturated heterocycles. The molecule has 5 aliphatic carbocycles. The van der Waals surface area contributed by atoms with E-state index >= 15 is 0 Å². The van der Waals surface area contributed by atoms with Crippen molar-refractivity contribution in [3.05, 3.63) is 171 Å². The number of nitrogens with two attached hydrogens (primary N) is 2. The van der Waals surface area contributed by atoms with Crippen LogP contribution in [0.5, 0.6) is 17.2 Å². The largest absolute Gasteiger partial charge is 0.508 e. The van der Waals surface area contributed by atoms with E-state index in [1.54, 1.807) is 58.1 Å². The van der Waals surface area contributed by atoms with Crippen LogP contribution in [-0.4, -0.2) is 72.8 Å². The Labute approximate surface area is 472 Å². The molecule has 1 aliphatic heterocycles. The van der Waals surface area contributed by atoms with Gasteiger partial charge in [0, 0.05) is 77.8 Å². The number of benzene rings is 4. The molecule has 0 unspecified atom stereocenters. The number of carbonyl (C=O) groups excluding carboxylic acids is 2. The van der Waals surface area contributed by atoms with Crippen LogP contribution in [0, 0.1) is 39.9 Å². The van der Waals surface area contributed by atoms with Crippen LogP contribution in [-0.2, 0) is 36.2 Å². The molecule has 6 aliphatic rings. The van der Waals surface area contributed by atoms with Crippen molar-refractivity contribution in [3.63, 3.8) is 0 Å². The summed E-state index contributed by atoms with van der Waals surface area (Å²) >= 11 is 0. The molecule has 0 radical (unpaired) electrons. The van der Waals surface area contributed by atoms with E-state index in [0.29, 0.717) is 78.9 Å². The SMILES string of the molecule is C[C@@]1(O)CCC[C@]23C=C[C@@](CC[C@@]45/C=C/C(=O)CCc6ccc(O)c(c6)OCCc6ccc(O)c(c6)[C@@H]6CC(=O)c7cc[nH]c7CC#Cc7cc(C(N)N)c(cc76)CSSC[C@H](C4)[C@H](O)C5)(C1)[C@H]2Cc1ccccc1[C@@H](CO)C3. The van der Waals surface area contributed by atoms with Crippen molar-refractivity contribution in [2.75, 3.05) is 19.0 Å². The lowest BCUT2D eigenvalue weighted by Crippen LogP contribution is -2.45. The van der Waals surface area contributed by atoms with Gasteiger partial charge in [0.1, 0.15) is 5.75 Å². The van der Waals surface area contributed by atoms with E-state index in [9.17, 15) is 35.1 Å². The summed E-state index contributed by atoms with van der Waals surface area (Å²) in [5, 5.41) is 57.9. The number of rotatable bonds is 5. The highest BCUT2D eigenvalue weighted by Crippen LogP contribution is 2.65. The number of aromatic hydroxyl groups is 2. The van der Waals surface area contributed by atoms with Crippen LogP contribution in [0.3, 0.4) is 0 Å². The number of carbonyl (C=O) groups is 2. The molecule has 11 nitrogen and oxygen atoms in total. The van der Waals surface area contributed by atoms with E-state index in [1.807, 2.05) is 31.2 Å². The van der Waals surface area contributed by atoms with Crippen molar-refractivity contribution in [1.29, 1.82) is 0 Å². The van der Waals surface area contributed by atoms with Crippen LogP contribution in [0.4, 0.5) is 0 Å². The van der Waals surface area contributed by atoms with E-state index in [4.69, 9.17) is 16.2 Å². The molecular weight excluding hydrogens is 1030 g/mol. The van der Waals surface area contributed by atoms with E-state index in [1.165, 1.54) is 11.1 Å². The van der Waals surface area contributed by atoms with Gasteiger partial charge in [0.15, 0.2) is 23.1 Å². The summed E-state index contributed by atoms with van der Waals surface area (Å²) in [5.74, 6) is 7.69. The first-order valence-electron chi connectivity index (χ1n) is 28.4. The molecule has 2 heterocycles. The maximum atomic E-state index is 14.4. The van der Waals surface area contributed by atoms with Crippen molar-refractivity contribution in [2.24, 2.45) is 39.5 Å². The van der Waals surface area contributed by atoms with Crippen LogP contribution < -0.4 is 16.2 Å². The first-order chi connectivity index (χ1) is 38.0. The molecule has 79 heavy (non-hydrogen) atoms. The quantitative estimate of drug-likeness (QED) is 0.0358. The zero-order valence-electron chi connectivity index (χ0n) is 45.2. The maximum Gasteiger partial charge on any atom is 0.165 e. The van der Waals surface area contributed by atoms with Gasteiger partial charge in [-0.3, -0.25) is 9.59 Å². The van der Waals surface area contributed by atoms with E-state index in [0.717, 1.165) is 72.0 Å². The molecule has 5 aromatic rings. The summed E-state index contributed by atoms with van der Waals surface area (Å²) in [7, 11) is 3.36. The minimum atomic E-state index is -0.878. The molecule has 0 spiro atoms. The second kappa shape index (κ2) is 22.8. The highest BCUT2D eigenvalue weighted by molar-refractivity contribution is 8.76. The lowest BCUT2D eigenvalue weighted by molar-refractivity contribution is -0.114. The second-order valence-electron chi connectivity index (χ2n) is 24.3. The van der Waals surface area contributed by atoms with Crippen LogP contribution in [0.2, 0.25) is 0 Å². The third kappa shape index (κ3) is 11.5. The van der Waals surface area contributed by atoms with E-state index in [-0.39, 0.29) is 77.7 Å². The Bertz CT molecular complexity index is 3240. The van der Waals surface area contributed by atoms with Crippen molar-refractivity contribution in [1.82, 2.24) is 4.98 Å². The number of H-pyrrole nitrogens is 1. The highest BCUT2D eigenvalue weighted by Gasteiger charge is 2.58. The standard InChI is InChI=1S/C66H75N3O8S2/c1-63(76)19-5-20-65-24-25-66(40-63,61(65)32-44-6-2-3-8-49(44)46(35-65)37-70)23-22-64-21-16-48(71)13-10-41-12-15-57(73)60(29-41)77-27-18-42-11-14-56(72)54(28-42)53-33-58(74)50-17-26-69-55(50)9-4-7-43-30-52(62(67)68)45(31-51(43)53)38-78-79-39-47(34-64)59(75)36-64/h2-3,6,8,11-12,14-17,21,24-26,28-31,46-47,53,59,61-62,69-70,72-73,75-76H,5,9-10,13,18-20,22-23,27,32-40,67-68H2,1H3/b21-16+/t46-,47+,53-,59-,61+,63-,64+,65-,66+/m1/s1. The Balaban J connectivity index is 0.933. The molecule has 9 atom stereocenters. The number of ether oxygens (including phenoxy) is 1. The number of hydrogen-bond donors (Lipinski definition) is 8. The average Bonchev–Trinajstić information content (AvgIpc) is 4.06. The van der Waals surface area contributed by atoms with Crippen LogP contribution in [0.15, 0.2) is 109 Å². The van der Waals surface area contributed by atoms with Gasteiger partial charge in [0.2, 0.25) is 0 Å². The van der Waals surface area contributed by atoms with Gasteiger partial charge in [-0.1, -0.05) is 100 Å². The molecule has 13 heteroatoms. The molecular formula is C66H75N3O8S2. The molecule has 414 valence electrons. The third-order valence-electron chi connectivity index (χ3n) is 18.9. The lowest BCUT2D eigenvalue weighted by Gasteiger charge is -2.49. The van der Waals surface area contributed by atoms with Crippen LogP contribution in [0.1, 0.15) is 162 Å². The number of nitrogens with one attached hydrogen (secondary N) is 1. The fourth-order valence-electron chi connectivity index (χ4n) is 14.9. The van der Waals surface area contributed by atoms with Gasteiger partial charge < -0.3 is 46.7 Å². The summed E-state index contributed by atoms with van der Waals surface area (Å²) < 4.78 is 6.23. The van der Waals surface area contributed by atoms with E-state index in [2.05, 4.69) is 65.4 Å². The second-order valence-corrected chi connectivity index (χ2v) is 26.8. The van der Waals surface area contributed by atoms with Gasteiger partial charge in [-0.05, 0) is 181 Å². The smallest absolute Gasteiger partial charge is 0.165 e. The summed E-state index contributed by atoms with van der Waals surface area (Å²) in [6.45, 7) is 2.30. The summed E-state index contributed by atoms with van der Waals surface area (Å²) in [6, 6.07) is 25.0. The molecule has 0 amide bonds. The predicted molar refractivity (Wildman–Crippen MR) is 313 cm³/mol. The predicted octanol–water partition coefficient (Wildman–Crippen LogP) is 11.0. The Morgan fingerprint density at radius 3 is 2.49 bits per heavy atom. The molecule has 10 bridgehead atoms. The van der Waals surface area contributed by atoms with Crippen LogP contribution >= 0.6 is 21.6 Å². The fraction of sp³-hybridized carbons (Fsp3) is 0.455. The number of aromatic amines is 1. The highest BCUT2D eigenvalue weighted by atomic mass is 33.1. The van der Waals surface area contributed by atoms with Gasteiger partial charge in [-0.2, -0.15) is 0 Å². The molecule has 1 aromatic heterocycles. The normalized spacial score (nSPS) is 30.4. The monoisotopic (exact) mass is 1100 g/mol. The summed E-state index contributed by atoms with van der Waals surface area (Å²) in [5.41, 5.74) is 20.5. The fourth-order valence-corrected chi connectivity index (χ4v) is 17.5. The minimum Gasteiger partial charge on any atom is -0.508 e. The van der Waals surface area contributed by atoms with Crippen molar-refractivity contribution < 1.29 is 39.9 Å². The topological polar surface area (TPSA) is 212 Å². The Kier molecular flexibility index (Phi) is 16.0. The van der Waals surface area contributed by atoms with Crippen molar-refractivity contribution in [2.45, 2.75) is 139 Å². The van der Waals surface area contributed by atoms with Crippen molar-refractivity contribution in [3.8, 4) is 29.1 Å². The van der Waals surface area contributed by atoms with Gasteiger partial charge in [0.05, 0.1) is 30.9 Å². The number of phenols is 2. The number of aliphatic hydroxyl groups excluding tert-OH is 2. The first kappa shape index (κ1) is 55.4. The minimum absolute atomic E-state index is 0.0125. The Hall–Kier alpha value is -5.56. The summed E-state index contributed by atoms with van der Waals surface area (Å²) in [4.78, 5) is 31.6. The molecule has 10 N–H and O–H groups in total. The number of phenolic OH excluding ortho intramolecular Hbond substituents is 2. The Morgan fingerprint density at radius 1 is 0.835 bits per heavy atom. The van der Waals surface area contributed by atoms with Gasteiger partial charge in [0.25, 0.3) is 0 Å². The number of ketones is 2. The van der Waals surface area contributed by atoms with Gasteiger partial charge in [-0.15, -0.1) is 0 Å². The van der Waals surface area contributed by atoms with Gasteiger partial charge >= 0.3 is 0 Å². The zero-order valence-corrected chi connectivity index (χ0v) is 46.9. The van der Waals surface area contributed by atoms with Gasteiger partial charge in [-0.25, -0.2) is 0 Å². The zero-order chi connectivity index (χ0) is 55.1. The molecule has 2 saturated carbocycles. The number of fused-ring (bicyclic) bond motifs is 10. The Morgan fingerprint density at radius 2 is 1.66 bits per heavy atom. The molecule has 4 aromatic carbocycles. The summed E-state index contributed by atoms with van der Waals surface area (Å²) in [6.07, 6.45) is 18.2. The number of Topliss-reactive ketones (excluding diaryl/α,β-unsaturated/α-hetero) is 1. The molecule has 11 rings (SSSR count). The average molecular weight is 1100 g/mol. The number of allylic oxidation sites excluding steroid dienone is 4. The lowest BCUT2D eigenvalue weighted by atomic mass is 9.55. The number of hydrogen-bond acceptors (Lipinski definition) is 12. The first-order valence-corrected chi connectivity index (χ1v) is 30.9. The van der Waals surface area contributed by atoms with Crippen LogP contribution in [0.25, 0.3) is 0 Å². The third-order valence-corrected chi connectivity index (χ3v) is 21.4. The van der Waals surface area contributed by atoms with Crippen molar-refractivity contribution >= 4 is 33.2 Å².